The van der Waals surface area contributed by atoms with E-state index in [4.69, 9.17) is 0 Å². The first kappa shape index (κ1) is 13.2. The summed E-state index contributed by atoms with van der Waals surface area (Å²) in [6.07, 6.45) is 6.97. The molecule has 0 saturated heterocycles. The summed E-state index contributed by atoms with van der Waals surface area (Å²) in [5.74, 6) is 0.798. The van der Waals surface area contributed by atoms with Crippen molar-refractivity contribution < 1.29 is 0 Å². The minimum absolute atomic E-state index is 0.798. The topological polar surface area (TPSA) is 12.0 Å². The van der Waals surface area contributed by atoms with E-state index in [2.05, 4.69) is 59.9 Å². The largest absolute Gasteiger partial charge is 0.381 e. The Labute approximate surface area is 122 Å². The molecular formula is C19H23N. The van der Waals surface area contributed by atoms with E-state index >= 15 is 0 Å². The van der Waals surface area contributed by atoms with Crippen LogP contribution >= 0.6 is 0 Å². The van der Waals surface area contributed by atoms with Crippen molar-refractivity contribution in [2.24, 2.45) is 0 Å². The first-order chi connectivity index (χ1) is 9.92. The zero-order valence-electron chi connectivity index (χ0n) is 12.0. The lowest BCUT2D eigenvalue weighted by molar-refractivity contribution is 0.443. The zero-order chi connectivity index (χ0) is 13.6. The molecule has 104 valence electrons. The van der Waals surface area contributed by atoms with E-state index in [-0.39, 0.29) is 0 Å². The molecule has 0 unspecified atom stereocenters. The van der Waals surface area contributed by atoms with E-state index < -0.39 is 0 Å². The van der Waals surface area contributed by atoms with Gasteiger partial charge in [-0.1, -0.05) is 61.7 Å². The Balaban J connectivity index is 1.58. The van der Waals surface area contributed by atoms with E-state index in [1.54, 1.807) is 0 Å². The van der Waals surface area contributed by atoms with Crippen molar-refractivity contribution in [1.82, 2.24) is 0 Å². The summed E-state index contributed by atoms with van der Waals surface area (Å²) in [5.41, 5.74) is 4.06. The first-order valence-corrected chi connectivity index (χ1v) is 7.79. The monoisotopic (exact) mass is 265 g/mol. The number of anilines is 1. The van der Waals surface area contributed by atoms with E-state index in [1.165, 1.54) is 48.9 Å². The maximum Gasteiger partial charge on any atom is 0.0400 e. The Morgan fingerprint density at radius 2 is 1.50 bits per heavy atom. The van der Waals surface area contributed by atoms with Crippen LogP contribution in [0.3, 0.4) is 0 Å². The Morgan fingerprint density at radius 1 is 0.800 bits per heavy atom. The lowest BCUT2D eigenvalue weighted by Gasteiger charge is -2.22. The van der Waals surface area contributed by atoms with Gasteiger partial charge in [-0.05, 0) is 42.0 Å². The average Bonchev–Trinajstić information content (AvgIpc) is 2.55. The summed E-state index contributed by atoms with van der Waals surface area (Å²) in [6, 6.07) is 19.6. The van der Waals surface area contributed by atoms with Gasteiger partial charge in [0, 0.05) is 12.2 Å². The second kappa shape index (κ2) is 6.60. The molecule has 1 N–H and O–H groups in total. The molecule has 0 aromatic heterocycles. The Kier molecular flexibility index (Phi) is 4.37. The van der Waals surface area contributed by atoms with Crippen molar-refractivity contribution in [1.29, 1.82) is 0 Å². The van der Waals surface area contributed by atoms with Gasteiger partial charge in [0.05, 0.1) is 0 Å². The SMILES string of the molecule is c1ccc(CNc2ccc(C3CCCCC3)cc2)cc1. The Morgan fingerprint density at radius 3 is 2.20 bits per heavy atom. The third-order valence-corrected chi connectivity index (χ3v) is 4.33. The van der Waals surface area contributed by atoms with E-state index in [0.29, 0.717) is 0 Å². The fraction of sp³-hybridized carbons (Fsp3) is 0.368. The minimum atomic E-state index is 0.798. The van der Waals surface area contributed by atoms with Gasteiger partial charge in [0.25, 0.3) is 0 Å². The van der Waals surface area contributed by atoms with Crippen molar-refractivity contribution in [2.75, 3.05) is 5.32 Å². The molecule has 0 heterocycles. The lowest BCUT2D eigenvalue weighted by Crippen LogP contribution is -2.05. The van der Waals surface area contributed by atoms with E-state index in [0.717, 1.165) is 12.5 Å². The molecule has 0 radical (unpaired) electrons. The number of hydrogen-bond acceptors (Lipinski definition) is 1. The maximum atomic E-state index is 3.49. The number of rotatable bonds is 4. The van der Waals surface area contributed by atoms with E-state index in [9.17, 15) is 0 Å². The number of nitrogens with one attached hydrogen (secondary N) is 1. The van der Waals surface area contributed by atoms with Gasteiger partial charge in [-0.3, -0.25) is 0 Å². The van der Waals surface area contributed by atoms with Crippen molar-refractivity contribution in [3.63, 3.8) is 0 Å². The van der Waals surface area contributed by atoms with Crippen LogP contribution in [0.4, 0.5) is 5.69 Å². The molecule has 0 amide bonds. The minimum Gasteiger partial charge on any atom is -0.381 e. The number of hydrogen-bond donors (Lipinski definition) is 1. The second-order valence-corrected chi connectivity index (χ2v) is 5.80. The van der Waals surface area contributed by atoms with Crippen LogP contribution in [0, 0.1) is 0 Å². The predicted octanol–water partition coefficient (Wildman–Crippen LogP) is 5.35. The van der Waals surface area contributed by atoms with Gasteiger partial charge in [-0.15, -0.1) is 0 Å². The van der Waals surface area contributed by atoms with Crippen LogP contribution in [0.25, 0.3) is 0 Å². The van der Waals surface area contributed by atoms with Crippen LogP contribution in [0.1, 0.15) is 49.1 Å². The molecule has 1 fully saturated rings. The summed E-state index contributed by atoms with van der Waals surface area (Å²) < 4.78 is 0. The van der Waals surface area contributed by atoms with Gasteiger partial charge < -0.3 is 5.32 Å². The quantitative estimate of drug-likeness (QED) is 0.786. The fourth-order valence-electron chi connectivity index (χ4n) is 3.11. The van der Waals surface area contributed by atoms with Crippen molar-refractivity contribution >= 4 is 5.69 Å². The van der Waals surface area contributed by atoms with Crippen LogP contribution in [0.15, 0.2) is 54.6 Å². The first-order valence-electron chi connectivity index (χ1n) is 7.79. The van der Waals surface area contributed by atoms with E-state index in [1.807, 2.05) is 0 Å². The second-order valence-electron chi connectivity index (χ2n) is 5.80. The summed E-state index contributed by atoms with van der Waals surface area (Å²) >= 11 is 0. The molecular weight excluding hydrogens is 242 g/mol. The Hall–Kier alpha value is -1.76. The molecule has 0 bridgehead atoms. The summed E-state index contributed by atoms with van der Waals surface area (Å²) in [7, 11) is 0. The molecule has 1 aliphatic carbocycles. The molecule has 2 aromatic carbocycles. The molecule has 0 spiro atoms. The van der Waals surface area contributed by atoms with Crippen LogP contribution in [-0.2, 0) is 6.54 Å². The molecule has 1 aliphatic rings. The third-order valence-electron chi connectivity index (χ3n) is 4.33. The molecule has 1 saturated carbocycles. The van der Waals surface area contributed by atoms with Gasteiger partial charge in [-0.25, -0.2) is 0 Å². The molecule has 20 heavy (non-hydrogen) atoms. The highest BCUT2D eigenvalue weighted by Crippen LogP contribution is 2.32. The maximum absolute atomic E-state index is 3.49. The highest BCUT2D eigenvalue weighted by molar-refractivity contribution is 5.45. The summed E-state index contributed by atoms with van der Waals surface area (Å²) in [5, 5.41) is 3.49. The van der Waals surface area contributed by atoms with Gasteiger partial charge in [-0.2, -0.15) is 0 Å². The molecule has 3 rings (SSSR count). The van der Waals surface area contributed by atoms with Gasteiger partial charge in [0.1, 0.15) is 0 Å². The lowest BCUT2D eigenvalue weighted by atomic mass is 9.84. The van der Waals surface area contributed by atoms with Crippen molar-refractivity contribution in [3.05, 3.63) is 65.7 Å². The van der Waals surface area contributed by atoms with Crippen molar-refractivity contribution in [3.8, 4) is 0 Å². The zero-order valence-corrected chi connectivity index (χ0v) is 12.0. The standard InChI is InChI=1S/C19H23N/c1-3-7-16(8-4-1)15-20-19-13-11-18(12-14-19)17-9-5-2-6-10-17/h1,3-4,7-8,11-14,17,20H,2,5-6,9-10,15H2. The molecule has 1 heteroatoms. The molecule has 0 aliphatic heterocycles. The molecule has 0 atom stereocenters. The predicted molar refractivity (Wildman–Crippen MR) is 86.0 cm³/mol. The third kappa shape index (κ3) is 3.41. The van der Waals surface area contributed by atoms with Crippen LogP contribution in [-0.4, -0.2) is 0 Å². The summed E-state index contributed by atoms with van der Waals surface area (Å²) in [6.45, 7) is 0.892. The van der Waals surface area contributed by atoms with Gasteiger partial charge in [0.15, 0.2) is 0 Å². The Bertz CT molecular complexity index is 509. The van der Waals surface area contributed by atoms with Gasteiger partial charge >= 0.3 is 0 Å². The average molecular weight is 265 g/mol. The van der Waals surface area contributed by atoms with Crippen LogP contribution < -0.4 is 5.32 Å². The van der Waals surface area contributed by atoms with Gasteiger partial charge in [0.2, 0.25) is 0 Å². The smallest absolute Gasteiger partial charge is 0.0400 e. The highest BCUT2D eigenvalue weighted by Gasteiger charge is 2.14. The van der Waals surface area contributed by atoms with Crippen LogP contribution in [0.2, 0.25) is 0 Å². The normalized spacial score (nSPS) is 16.0. The molecule has 1 nitrogen and oxygen atoms in total. The highest BCUT2D eigenvalue weighted by atomic mass is 14.9. The van der Waals surface area contributed by atoms with Crippen LogP contribution in [0.5, 0.6) is 0 Å². The number of benzene rings is 2. The van der Waals surface area contributed by atoms with Crippen molar-refractivity contribution in [2.45, 2.75) is 44.6 Å². The molecule has 2 aromatic rings. The fourth-order valence-corrected chi connectivity index (χ4v) is 3.11. The summed E-state index contributed by atoms with van der Waals surface area (Å²) in [4.78, 5) is 0.